The van der Waals surface area contributed by atoms with Gasteiger partial charge in [0.15, 0.2) is 0 Å². The van der Waals surface area contributed by atoms with Gasteiger partial charge in [0.2, 0.25) is 21.8 Å². The van der Waals surface area contributed by atoms with Crippen LogP contribution in [0.25, 0.3) is 10.8 Å². The SMILES string of the molecule is CCC(C(=O)NCC(C)C)N(Cc1ccc(OC)cc1)C(=O)CN(C)S(=O)(=O)c1ccc2ccccc2c1. The first-order chi connectivity index (χ1) is 18.1. The summed E-state index contributed by atoms with van der Waals surface area (Å²) < 4.78 is 33.0. The standard InChI is InChI=1S/C29H37N3O5S/c1-6-27(29(34)30-18-21(2)3)32(19-22-11-14-25(37-5)15-12-22)28(33)20-31(4)38(35,36)26-16-13-23-9-7-8-10-24(23)17-26/h7-17,21,27H,6,18-20H2,1-5H3,(H,30,34). The molecule has 8 nitrogen and oxygen atoms in total. The molecule has 0 aliphatic heterocycles. The Morgan fingerprint density at radius 3 is 2.24 bits per heavy atom. The number of benzene rings is 3. The Hall–Kier alpha value is -3.43. The van der Waals surface area contributed by atoms with Crippen molar-refractivity contribution >= 4 is 32.6 Å². The molecular weight excluding hydrogens is 502 g/mol. The summed E-state index contributed by atoms with van der Waals surface area (Å²) in [6.45, 7) is 6.06. The van der Waals surface area contributed by atoms with Gasteiger partial charge in [-0.15, -0.1) is 0 Å². The number of nitrogens with zero attached hydrogens (tertiary/aromatic N) is 2. The summed E-state index contributed by atoms with van der Waals surface area (Å²) in [5.74, 6) is 0.206. The van der Waals surface area contributed by atoms with Gasteiger partial charge >= 0.3 is 0 Å². The number of amides is 2. The van der Waals surface area contributed by atoms with Gasteiger partial charge in [-0.3, -0.25) is 9.59 Å². The monoisotopic (exact) mass is 539 g/mol. The highest BCUT2D eigenvalue weighted by atomic mass is 32.2. The summed E-state index contributed by atoms with van der Waals surface area (Å²) >= 11 is 0. The molecule has 204 valence electrons. The van der Waals surface area contributed by atoms with Gasteiger partial charge < -0.3 is 15.0 Å². The number of ether oxygens (including phenoxy) is 1. The third kappa shape index (κ3) is 7.11. The molecule has 0 aromatic heterocycles. The lowest BCUT2D eigenvalue weighted by molar-refractivity contribution is -0.141. The largest absolute Gasteiger partial charge is 0.497 e. The van der Waals surface area contributed by atoms with Crippen LogP contribution in [0.2, 0.25) is 0 Å². The van der Waals surface area contributed by atoms with Crippen LogP contribution in [0, 0.1) is 5.92 Å². The van der Waals surface area contributed by atoms with Crippen molar-refractivity contribution in [2.75, 3.05) is 27.2 Å². The third-order valence-corrected chi connectivity index (χ3v) is 8.17. The number of hydrogen-bond acceptors (Lipinski definition) is 5. The minimum atomic E-state index is -3.95. The maximum absolute atomic E-state index is 13.6. The number of methoxy groups -OCH3 is 1. The van der Waals surface area contributed by atoms with E-state index >= 15 is 0 Å². The first kappa shape index (κ1) is 29.1. The molecule has 0 heterocycles. The highest BCUT2D eigenvalue weighted by Crippen LogP contribution is 2.22. The van der Waals surface area contributed by atoms with Gasteiger partial charge in [0.05, 0.1) is 18.6 Å². The smallest absolute Gasteiger partial charge is 0.243 e. The van der Waals surface area contributed by atoms with E-state index in [0.29, 0.717) is 18.7 Å². The predicted molar refractivity (Wildman–Crippen MR) is 149 cm³/mol. The number of likely N-dealkylation sites (N-methyl/N-ethyl adjacent to an activating group) is 1. The van der Waals surface area contributed by atoms with E-state index in [1.165, 1.54) is 11.9 Å². The number of hydrogen-bond donors (Lipinski definition) is 1. The molecule has 1 atom stereocenters. The van der Waals surface area contributed by atoms with Crippen LogP contribution in [-0.4, -0.2) is 62.7 Å². The van der Waals surface area contributed by atoms with E-state index in [-0.39, 0.29) is 23.3 Å². The van der Waals surface area contributed by atoms with E-state index in [1.54, 1.807) is 37.4 Å². The zero-order chi connectivity index (χ0) is 27.9. The van der Waals surface area contributed by atoms with Crippen molar-refractivity contribution in [1.29, 1.82) is 0 Å². The normalized spacial score (nSPS) is 12.5. The Morgan fingerprint density at radius 2 is 1.63 bits per heavy atom. The molecule has 2 amide bonds. The highest BCUT2D eigenvalue weighted by molar-refractivity contribution is 7.89. The molecule has 0 spiro atoms. The molecule has 3 rings (SSSR count). The average Bonchev–Trinajstić information content (AvgIpc) is 2.91. The van der Waals surface area contributed by atoms with Crippen LogP contribution in [0.4, 0.5) is 0 Å². The summed E-state index contributed by atoms with van der Waals surface area (Å²) in [6.07, 6.45) is 0.382. The molecule has 0 saturated carbocycles. The second-order valence-electron chi connectivity index (χ2n) is 9.70. The van der Waals surface area contributed by atoms with Gasteiger partial charge in [-0.05, 0) is 52.9 Å². The van der Waals surface area contributed by atoms with Gasteiger partial charge in [-0.25, -0.2) is 8.42 Å². The van der Waals surface area contributed by atoms with Gasteiger partial charge in [0.25, 0.3) is 0 Å². The maximum Gasteiger partial charge on any atom is 0.243 e. The number of carbonyl (C=O) groups is 2. The van der Waals surface area contributed by atoms with Crippen LogP contribution in [-0.2, 0) is 26.2 Å². The molecule has 3 aromatic rings. The fraction of sp³-hybridized carbons (Fsp3) is 0.379. The van der Waals surface area contributed by atoms with Gasteiger partial charge in [0, 0.05) is 20.1 Å². The van der Waals surface area contributed by atoms with Crippen molar-refractivity contribution in [3.63, 3.8) is 0 Å². The Bertz CT molecular complexity index is 1360. The number of rotatable bonds is 12. The number of fused-ring (bicyclic) bond motifs is 1. The minimum Gasteiger partial charge on any atom is -0.497 e. The fourth-order valence-corrected chi connectivity index (χ4v) is 5.30. The summed E-state index contributed by atoms with van der Waals surface area (Å²) in [4.78, 5) is 28.3. The summed E-state index contributed by atoms with van der Waals surface area (Å²) in [5, 5.41) is 4.63. The van der Waals surface area contributed by atoms with Crippen LogP contribution in [0.15, 0.2) is 71.6 Å². The van der Waals surface area contributed by atoms with Gasteiger partial charge in [0.1, 0.15) is 11.8 Å². The molecule has 9 heteroatoms. The third-order valence-electron chi connectivity index (χ3n) is 6.37. The second-order valence-corrected chi connectivity index (χ2v) is 11.7. The quantitative estimate of drug-likeness (QED) is 0.375. The van der Waals surface area contributed by atoms with Crippen LogP contribution in [0.5, 0.6) is 5.75 Å². The van der Waals surface area contributed by atoms with Gasteiger partial charge in [-0.2, -0.15) is 4.31 Å². The van der Waals surface area contributed by atoms with E-state index in [2.05, 4.69) is 5.32 Å². The molecule has 0 aliphatic carbocycles. The summed E-state index contributed by atoms with van der Waals surface area (Å²) in [6, 6.07) is 18.9. The molecule has 0 fully saturated rings. The molecule has 38 heavy (non-hydrogen) atoms. The molecule has 0 bridgehead atoms. The molecule has 0 radical (unpaired) electrons. The van der Waals surface area contributed by atoms with Crippen LogP contribution in [0.3, 0.4) is 0 Å². The first-order valence-electron chi connectivity index (χ1n) is 12.7. The van der Waals surface area contributed by atoms with Crippen molar-refractivity contribution in [3.05, 3.63) is 72.3 Å². The Labute approximate surface area is 225 Å². The van der Waals surface area contributed by atoms with Crippen LogP contribution in [0.1, 0.15) is 32.8 Å². The van der Waals surface area contributed by atoms with E-state index in [9.17, 15) is 18.0 Å². The summed E-state index contributed by atoms with van der Waals surface area (Å²) in [7, 11) is -0.991. The lowest BCUT2D eigenvalue weighted by Crippen LogP contribution is -2.52. The minimum absolute atomic E-state index is 0.106. The first-order valence-corrected chi connectivity index (χ1v) is 14.2. The van der Waals surface area contributed by atoms with Crippen LogP contribution < -0.4 is 10.1 Å². The predicted octanol–water partition coefficient (Wildman–Crippen LogP) is 4.05. The molecule has 1 unspecified atom stereocenters. The van der Waals surface area contributed by atoms with Crippen LogP contribution >= 0.6 is 0 Å². The van der Waals surface area contributed by atoms with E-state index in [4.69, 9.17) is 4.74 Å². The van der Waals surface area contributed by atoms with Crippen molar-refractivity contribution in [2.24, 2.45) is 5.92 Å². The Kier molecular flexibility index (Phi) is 9.88. The zero-order valence-corrected chi connectivity index (χ0v) is 23.5. The zero-order valence-electron chi connectivity index (χ0n) is 22.7. The lowest BCUT2D eigenvalue weighted by atomic mass is 10.1. The topological polar surface area (TPSA) is 96.0 Å². The van der Waals surface area contributed by atoms with Crippen molar-refractivity contribution in [1.82, 2.24) is 14.5 Å². The number of carbonyl (C=O) groups excluding carboxylic acids is 2. The molecule has 3 aromatic carbocycles. The average molecular weight is 540 g/mol. The number of nitrogens with one attached hydrogen (secondary N) is 1. The van der Waals surface area contributed by atoms with Crippen molar-refractivity contribution < 1.29 is 22.7 Å². The van der Waals surface area contributed by atoms with E-state index in [1.807, 2.05) is 57.2 Å². The molecule has 0 saturated heterocycles. The summed E-state index contributed by atoms with van der Waals surface area (Å²) in [5.41, 5.74) is 0.800. The maximum atomic E-state index is 13.6. The second kappa shape index (κ2) is 12.9. The molecule has 1 N–H and O–H groups in total. The van der Waals surface area contributed by atoms with Crippen molar-refractivity contribution in [3.8, 4) is 5.75 Å². The highest BCUT2D eigenvalue weighted by Gasteiger charge is 2.32. The fourth-order valence-electron chi connectivity index (χ4n) is 4.14. The van der Waals surface area contributed by atoms with Gasteiger partial charge in [-0.1, -0.05) is 63.2 Å². The Balaban J connectivity index is 1.87. The van der Waals surface area contributed by atoms with E-state index in [0.717, 1.165) is 20.6 Å². The van der Waals surface area contributed by atoms with E-state index < -0.39 is 28.5 Å². The Morgan fingerprint density at radius 1 is 0.974 bits per heavy atom. The molecule has 0 aliphatic rings. The van der Waals surface area contributed by atoms with Crippen molar-refractivity contribution in [2.45, 2.75) is 44.7 Å². The molecular formula is C29H37N3O5S. The lowest BCUT2D eigenvalue weighted by Gasteiger charge is -2.32. The number of sulfonamides is 1.